The summed E-state index contributed by atoms with van der Waals surface area (Å²) in [4.78, 5) is 20.4. The molecule has 3 aromatic rings. The molecule has 1 aromatic heterocycles. The Hall–Kier alpha value is -3.30. The van der Waals surface area contributed by atoms with Crippen molar-refractivity contribution in [3.05, 3.63) is 77.6 Å². The lowest BCUT2D eigenvalue weighted by Crippen LogP contribution is -2.26. The topological polar surface area (TPSA) is 64.1 Å². The van der Waals surface area contributed by atoms with Gasteiger partial charge in [0.2, 0.25) is 0 Å². The highest BCUT2D eigenvalue weighted by Gasteiger charge is 2.28. The zero-order valence-corrected chi connectivity index (χ0v) is 16.7. The first kappa shape index (κ1) is 19.0. The van der Waals surface area contributed by atoms with Crippen LogP contribution < -0.4 is 5.32 Å². The summed E-state index contributed by atoms with van der Waals surface area (Å²) in [6.45, 7) is 0.484. The first-order valence-electron chi connectivity index (χ1n) is 9.20. The summed E-state index contributed by atoms with van der Waals surface area (Å²) < 4.78 is 5.48. The lowest BCUT2D eigenvalue weighted by atomic mass is 9.98. The highest BCUT2D eigenvalue weighted by atomic mass is 32.2. The van der Waals surface area contributed by atoms with Crippen molar-refractivity contribution < 1.29 is 9.53 Å². The molecule has 0 saturated carbocycles. The second kappa shape index (κ2) is 8.80. The fourth-order valence-electron chi connectivity index (χ4n) is 3.40. The largest absolute Gasteiger partial charge is 0.449 e. The van der Waals surface area contributed by atoms with Gasteiger partial charge in [0.15, 0.2) is 5.16 Å². The van der Waals surface area contributed by atoms with Crippen LogP contribution in [0.5, 0.6) is 0 Å². The van der Waals surface area contributed by atoms with Crippen molar-refractivity contribution in [1.29, 1.82) is 0 Å². The number of nitrogens with one attached hydrogen (secondary N) is 1. The van der Waals surface area contributed by atoms with Crippen LogP contribution in [0.2, 0.25) is 0 Å². The Morgan fingerprint density at radius 2 is 1.69 bits per heavy atom. The minimum atomic E-state index is -0.477. The van der Waals surface area contributed by atoms with E-state index >= 15 is 0 Å². The van der Waals surface area contributed by atoms with E-state index < -0.39 is 6.09 Å². The van der Waals surface area contributed by atoms with Crippen LogP contribution >= 0.6 is 11.8 Å². The van der Waals surface area contributed by atoms with E-state index in [2.05, 4.69) is 51.4 Å². The number of hydrogen-bond acceptors (Lipinski definition) is 5. The van der Waals surface area contributed by atoms with Crippen LogP contribution in [-0.4, -0.2) is 35.5 Å². The molecule has 4 rings (SSSR count). The maximum atomic E-state index is 12.1. The Labute approximate surface area is 173 Å². The van der Waals surface area contributed by atoms with Gasteiger partial charge < -0.3 is 10.1 Å². The van der Waals surface area contributed by atoms with Crippen LogP contribution in [0.1, 0.15) is 22.6 Å². The van der Waals surface area contributed by atoms with E-state index in [0.717, 1.165) is 0 Å². The van der Waals surface area contributed by atoms with Gasteiger partial charge in [-0.05, 0) is 28.5 Å². The highest BCUT2D eigenvalue weighted by molar-refractivity contribution is 7.98. The van der Waals surface area contributed by atoms with Gasteiger partial charge in [0.25, 0.3) is 0 Å². The van der Waals surface area contributed by atoms with Crippen molar-refractivity contribution in [2.24, 2.45) is 0 Å². The summed E-state index contributed by atoms with van der Waals surface area (Å²) in [5.74, 6) is 5.85. The molecular weight excluding hydrogens is 382 g/mol. The average Bonchev–Trinajstić information content (AvgIpc) is 3.09. The molecule has 2 aromatic carbocycles. The van der Waals surface area contributed by atoms with Crippen molar-refractivity contribution in [3.63, 3.8) is 0 Å². The first-order chi connectivity index (χ1) is 14.3. The first-order valence-corrected chi connectivity index (χ1v) is 10.4. The van der Waals surface area contributed by atoms with Crippen LogP contribution in [0, 0.1) is 11.8 Å². The Morgan fingerprint density at radius 1 is 1.07 bits per heavy atom. The molecule has 1 aliphatic carbocycles. The third kappa shape index (κ3) is 4.25. The molecule has 0 saturated heterocycles. The van der Waals surface area contributed by atoms with Crippen molar-refractivity contribution >= 4 is 17.9 Å². The summed E-state index contributed by atoms with van der Waals surface area (Å²) in [6, 6.07) is 16.5. The van der Waals surface area contributed by atoms with Crippen molar-refractivity contribution in [3.8, 4) is 23.0 Å². The van der Waals surface area contributed by atoms with Crippen LogP contribution in [0.3, 0.4) is 0 Å². The zero-order chi connectivity index (χ0) is 20.1. The van der Waals surface area contributed by atoms with Gasteiger partial charge in [-0.15, -0.1) is 0 Å². The summed E-state index contributed by atoms with van der Waals surface area (Å²) in [5.41, 5.74) is 5.50. The molecule has 1 heterocycles. The molecule has 0 radical (unpaired) electrons. The molecule has 0 atom stereocenters. The van der Waals surface area contributed by atoms with E-state index in [0.29, 0.717) is 10.7 Å². The fourth-order valence-corrected chi connectivity index (χ4v) is 3.71. The Kier molecular flexibility index (Phi) is 5.78. The predicted octanol–water partition coefficient (Wildman–Crippen LogP) is 4.09. The number of fused-ring (bicyclic) bond motifs is 3. The number of aromatic nitrogens is 2. The zero-order valence-electron chi connectivity index (χ0n) is 15.9. The summed E-state index contributed by atoms with van der Waals surface area (Å²) in [6.07, 6.45) is 4.77. The molecule has 5 nitrogen and oxygen atoms in total. The van der Waals surface area contributed by atoms with Crippen LogP contribution in [-0.2, 0) is 4.74 Å². The average molecular weight is 401 g/mol. The molecule has 0 bridgehead atoms. The maximum absolute atomic E-state index is 12.1. The van der Waals surface area contributed by atoms with Crippen molar-refractivity contribution in [2.75, 3.05) is 19.4 Å². The number of carbonyl (C=O) groups excluding carboxylic acids is 1. The van der Waals surface area contributed by atoms with Gasteiger partial charge in [0, 0.05) is 18.3 Å². The Bertz CT molecular complexity index is 1040. The quantitative estimate of drug-likeness (QED) is 0.405. The number of benzene rings is 2. The van der Waals surface area contributed by atoms with E-state index in [1.54, 1.807) is 12.4 Å². The Balaban J connectivity index is 1.33. The molecule has 0 spiro atoms. The predicted molar refractivity (Wildman–Crippen MR) is 114 cm³/mol. The molecular formula is C23H19N3O2S. The lowest BCUT2D eigenvalue weighted by Gasteiger charge is -2.14. The van der Waals surface area contributed by atoms with E-state index in [4.69, 9.17) is 4.74 Å². The van der Waals surface area contributed by atoms with E-state index in [1.807, 2.05) is 30.5 Å². The van der Waals surface area contributed by atoms with Gasteiger partial charge in [-0.25, -0.2) is 14.8 Å². The second-order valence-electron chi connectivity index (χ2n) is 6.44. The molecule has 6 heteroatoms. The molecule has 0 fully saturated rings. The maximum Gasteiger partial charge on any atom is 0.407 e. The molecule has 0 aliphatic heterocycles. The van der Waals surface area contributed by atoms with Gasteiger partial charge in [-0.1, -0.05) is 72.1 Å². The SMILES string of the molecule is CSc1ncc(C#CCNC(=O)OCC2c3ccccc3-c3ccccc32)cn1. The number of nitrogens with zero attached hydrogens (tertiary/aromatic N) is 2. The normalized spacial score (nSPS) is 11.8. The molecule has 1 N–H and O–H groups in total. The number of amides is 1. The smallest absolute Gasteiger partial charge is 0.407 e. The van der Waals surface area contributed by atoms with E-state index in [1.165, 1.54) is 34.0 Å². The summed E-state index contributed by atoms with van der Waals surface area (Å²) in [7, 11) is 0. The highest BCUT2D eigenvalue weighted by Crippen LogP contribution is 2.44. The van der Waals surface area contributed by atoms with Crippen LogP contribution in [0.25, 0.3) is 11.1 Å². The van der Waals surface area contributed by atoms with Crippen molar-refractivity contribution in [1.82, 2.24) is 15.3 Å². The van der Waals surface area contributed by atoms with Gasteiger partial charge in [0.1, 0.15) is 6.61 Å². The number of ether oxygens (including phenoxy) is 1. The monoisotopic (exact) mass is 401 g/mol. The number of carbonyl (C=O) groups is 1. The molecule has 144 valence electrons. The summed E-state index contributed by atoms with van der Waals surface area (Å²) >= 11 is 1.47. The van der Waals surface area contributed by atoms with E-state index in [-0.39, 0.29) is 19.1 Å². The number of thioether (sulfide) groups is 1. The van der Waals surface area contributed by atoms with Crippen molar-refractivity contribution in [2.45, 2.75) is 11.1 Å². The van der Waals surface area contributed by atoms with Gasteiger partial charge >= 0.3 is 6.09 Å². The van der Waals surface area contributed by atoms with E-state index in [9.17, 15) is 4.79 Å². The van der Waals surface area contributed by atoms with Gasteiger partial charge in [-0.2, -0.15) is 0 Å². The molecule has 29 heavy (non-hydrogen) atoms. The molecule has 1 amide bonds. The molecule has 0 unspecified atom stereocenters. The van der Waals surface area contributed by atoms with Gasteiger partial charge in [-0.3, -0.25) is 0 Å². The second-order valence-corrected chi connectivity index (χ2v) is 7.21. The Morgan fingerprint density at radius 3 is 2.31 bits per heavy atom. The lowest BCUT2D eigenvalue weighted by molar-refractivity contribution is 0.144. The van der Waals surface area contributed by atoms with Crippen LogP contribution in [0.4, 0.5) is 4.79 Å². The number of rotatable bonds is 4. The van der Waals surface area contributed by atoms with Crippen LogP contribution in [0.15, 0.2) is 66.1 Å². The summed E-state index contributed by atoms with van der Waals surface area (Å²) in [5, 5.41) is 3.37. The fraction of sp³-hybridized carbons (Fsp3) is 0.174. The standard InChI is InChI=1S/C23H19N3O2S/c1-29-22-25-13-16(14-26-22)7-6-12-24-23(27)28-15-21-19-10-4-2-8-17(19)18-9-3-5-11-20(18)21/h2-5,8-11,13-14,21H,12,15H2,1H3,(H,24,27). The van der Waals surface area contributed by atoms with Gasteiger partial charge in [0.05, 0.1) is 12.1 Å². The third-order valence-electron chi connectivity index (χ3n) is 4.71. The number of alkyl carbamates (subject to hydrolysis) is 1. The minimum absolute atomic E-state index is 0.0475. The number of hydrogen-bond donors (Lipinski definition) is 1. The molecule has 1 aliphatic rings. The minimum Gasteiger partial charge on any atom is -0.449 e. The third-order valence-corrected chi connectivity index (χ3v) is 5.28.